The van der Waals surface area contributed by atoms with E-state index in [1.54, 1.807) is 0 Å². The van der Waals surface area contributed by atoms with E-state index in [1.165, 1.54) is 250 Å². The molecule has 0 spiro atoms. The van der Waals surface area contributed by atoms with E-state index in [1.807, 2.05) is 0 Å². The quantitative estimate of drug-likeness (QED) is 0.0222. The molecular formula is C80H156O17P2. The van der Waals surface area contributed by atoms with E-state index in [9.17, 15) is 43.2 Å². The normalized spacial score (nSPS) is 13.9. The van der Waals surface area contributed by atoms with Crippen molar-refractivity contribution in [2.24, 2.45) is 5.92 Å². The van der Waals surface area contributed by atoms with Crippen LogP contribution in [0.1, 0.15) is 426 Å². The Labute approximate surface area is 607 Å². The highest BCUT2D eigenvalue weighted by molar-refractivity contribution is 7.47. The van der Waals surface area contributed by atoms with Crippen molar-refractivity contribution in [1.29, 1.82) is 0 Å². The number of esters is 4. The fraction of sp³-hybridized carbons (Fsp3) is 0.950. The minimum Gasteiger partial charge on any atom is -0.462 e. The molecule has 0 rings (SSSR count). The molecule has 0 aromatic rings. The third kappa shape index (κ3) is 74.1. The molecule has 0 heterocycles. The van der Waals surface area contributed by atoms with Gasteiger partial charge in [0.2, 0.25) is 0 Å². The van der Waals surface area contributed by atoms with Gasteiger partial charge in [-0.3, -0.25) is 37.3 Å². The van der Waals surface area contributed by atoms with Crippen molar-refractivity contribution < 1.29 is 80.2 Å². The van der Waals surface area contributed by atoms with Gasteiger partial charge in [-0.15, -0.1) is 0 Å². The van der Waals surface area contributed by atoms with Crippen LogP contribution < -0.4 is 0 Å². The zero-order valence-corrected chi connectivity index (χ0v) is 66.4. The molecule has 0 aliphatic carbocycles. The van der Waals surface area contributed by atoms with Gasteiger partial charge in [0, 0.05) is 25.7 Å². The van der Waals surface area contributed by atoms with Gasteiger partial charge in [0.05, 0.1) is 26.4 Å². The largest absolute Gasteiger partial charge is 0.472 e. The van der Waals surface area contributed by atoms with Crippen molar-refractivity contribution in [3.63, 3.8) is 0 Å². The molecule has 0 saturated heterocycles. The summed E-state index contributed by atoms with van der Waals surface area (Å²) in [5, 5.41) is 10.6. The van der Waals surface area contributed by atoms with Crippen LogP contribution in [0, 0.1) is 5.92 Å². The maximum Gasteiger partial charge on any atom is 0.472 e. The van der Waals surface area contributed by atoms with Gasteiger partial charge in [0.25, 0.3) is 0 Å². The first-order valence-corrected chi connectivity index (χ1v) is 44.6. The number of phosphoric ester groups is 2. The number of hydrogen-bond donors (Lipinski definition) is 3. The summed E-state index contributed by atoms with van der Waals surface area (Å²) in [7, 11) is -9.92. The highest BCUT2D eigenvalue weighted by atomic mass is 31.2. The molecule has 0 amide bonds. The second kappa shape index (κ2) is 73.0. The van der Waals surface area contributed by atoms with E-state index < -0.39 is 97.5 Å². The lowest BCUT2D eigenvalue weighted by Crippen LogP contribution is -2.30. The van der Waals surface area contributed by atoms with E-state index in [0.717, 1.165) is 95.8 Å². The molecule has 99 heavy (non-hydrogen) atoms. The van der Waals surface area contributed by atoms with Gasteiger partial charge in [-0.25, -0.2) is 9.13 Å². The molecule has 5 atom stereocenters. The van der Waals surface area contributed by atoms with Crippen LogP contribution in [0.2, 0.25) is 0 Å². The average molecular weight is 1450 g/mol. The number of hydrogen-bond acceptors (Lipinski definition) is 15. The number of aliphatic hydroxyl groups excluding tert-OH is 1. The van der Waals surface area contributed by atoms with Crippen molar-refractivity contribution in [3.05, 3.63) is 0 Å². The van der Waals surface area contributed by atoms with Crippen LogP contribution in [-0.4, -0.2) is 96.7 Å². The molecule has 0 aliphatic heterocycles. The van der Waals surface area contributed by atoms with E-state index in [2.05, 4.69) is 34.6 Å². The SMILES string of the molecule is CCCCCCCCCCCCCCCCCCCCCCC(=O)O[C@H](COC(=O)CCCCCCCCCCCCCCCCC)COP(=O)(O)OC[C@@H](O)COP(=O)(O)OC[C@@H](COC(=O)CCCCCCCCCCCC)OC(=O)CCCCCCCCCCCCCC(C)C. The van der Waals surface area contributed by atoms with Crippen LogP contribution in [0.5, 0.6) is 0 Å². The third-order valence-corrected chi connectivity index (χ3v) is 20.7. The van der Waals surface area contributed by atoms with Gasteiger partial charge in [-0.05, 0) is 31.6 Å². The van der Waals surface area contributed by atoms with Gasteiger partial charge >= 0.3 is 39.5 Å². The topological polar surface area (TPSA) is 237 Å². The molecule has 0 saturated carbocycles. The van der Waals surface area contributed by atoms with Crippen LogP contribution >= 0.6 is 15.6 Å². The molecule has 0 fully saturated rings. The number of rotatable bonds is 80. The first kappa shape index (κ1) is 97.1. The maximum atomic E-state index is 13.1. The molecule has 19 heteroatoms. The van der Waals surface area contributed by atoms with Crippen molar-refractivity contribution in [3.8, 4) is 0 Å². The highest BCUT2D eigenvalue weighted by Crippen LogP contribution is 2.45. The third-order valence-electron chi connectivity index (χ3n) is 18.8. The molecule has 588 valence electrons. The van der Waals surface area contributed by atoms with Crippen molar-refractivity contribution >= 4 is 39.5 Å². The molecule has 0 radical (unpaired) electrons. The Hall–Kier alpha value is -1.94. The Balaban J connectivity index is 5.22. The summed E-state index contributed by atoms with van der Waals surface area (Å²) >= 11 is 0. The minimum absolute atomic E-state index is 0.107. The number of unbranched alkanes of at least 4 members (excludes halogenated alkanes) is 52. The Kier molecular flexibility index (Phi) is 71.6. The number of phosphoric acid groups is 2. The van der Waals surface area contributed by atoms with Crippen LogP contribution in [0.3, 0.4) is 0 Å². The number of ether oxygens (including phenoxy) is 4. The van der Waals surface area contributed by atoms with Gasteiger partial charge in [0.1, 0.15) is 19.3 Å². The zero-order chi connectivity index (χ0) is 72.7. The summed E-state index contributed by atoms with van der Waals surface area (Å²) in [6.45, 7) is 7.32. The molecule has 0 aromatic heterocycles. The summed E-state index contributed by atoms with van der Waals surface area (Å²) in [5.41, 5.74) is 0. The van der Waals surface area contributed by atoms with Crippen molar-refractivity contribution in [2.75, 3.05) is 39.6 Å². The first-order chi connectivity index (χ1) is 48.0. The fourth-order valence-electron chi connectivity index (χ4n) is 12.4. The summed E-state index contributed by atoms with van der Waals surface area (Å²) < 4.78 is 68.7. The Morgan fingerprint density at radius 3 is 0.687 bits per heavy atom. The summed E-state index contributed by atoms with van der Waals surface area (Å²) in [5.74, 6) is -1.34. The second-order valence-electron chi connectivity index (χ2n) is 29.3. The van der Waals surface area contributed by atoms with E-state index >= 15 is 0 Å². The van der Waals surface area contributed by atoms with Crippen LogP contribution in [-0.2, 0) is 65.4 Å². The van der Waals surface area contributed by atoms with Crippen LogP contribution in [0.15, 0.2) is 0 Å². The summed E-state index contributed by atoms with van der Waals surface area (Å²) in [6.07, 6.45) is 63.8. The average Bonchev–Trinajstić information content (AvgIpc) is 1.03. The van der Waals surface area contributed by atoms with Gasteiger partial charge in [-0.2, -0.15) is 0 Å². The van der Waals surface area contributed by atoms with Gasteiger partial charge < -0.3 is 33.8 Å². The Bertz CT molecular complexity index is 1890. The van der Waals surface area contributed by atoms with Crippen LogP contribution in [0.4, 0.5) is 0 Å². The van der Waals surface area contributed by atoms with E-state index in [4.69, 9.17) is 37.0 Å². The standard InChI is InChI=1S/C80H156O17P2/c1-6-9-12-15-18-21-24-26-28-29-30-31-32-34-36-40-45-50-55-60-65-79(84)96-76(70-91-78(83)64-59-54-49-44-39-35-33-27-25-22-19-16-13-10-7-2)72-95-99(88,89)93-68-74(81)67-92-98(86,87)94-71-75(69-90-77(82)63-58-53-48-43-23-20-17-14-11-8-3)97-80(85)66-61-56-51-46-41-37-38-42-47-52-57-62-73(4)5/h73-76,81H,6-72H2,1-5H3,(H,86,87)(H,88,89)/t74-,75+,76+/m0/s1. The smallest absolute Gasteiger partial charge is 0.462 e. The van der Waals surface area contributed by atoms with Crippen LogP contribution in [0.25, 0.3) is 0 Å². The Morgan fingerprint density at radius 1 is 0.273 bits per heavy atom. The predicted molar refractivity (Wildman–Crippen MR) is 405 cm³/mol. The van der Waals surface area contributed by atoms with Gasteiger partial charge in [0.15, 0.2) is 12.2 Å². The van der Waals surface area contributed by atoms with E-state index in [-0.39, 0.29) is 25.7 Å². The lowest BCUT2D eigenvalue weighted by Gasteiger charge is -2.21. The predicted octanol–water partition coefficient (Wildman–Crippen LogP) is 24.0. The van der Waals surface area contributed by atoms with Crippen molar-refractivity contribution in [2.45, 2.75) is 445 Å². The molecular weight excluding hydrogens is 1290 g/mol. The lowest BCUT2D eigenvalue weighted by molar-refractivity contribution is -0.161. The second-order valence-corrected chi connectivity index (χ2v) is 32.2. The Morgan fingerprint density at radius 2 is 0.465 bits per heavy atom. The molecule has 17 nitrogen and oxygen atoms in total. The summed E-state index contributed by atoms with van der Waals surface area (Å²) in [6, 6.07) is 0. The lowest BCUT2D eigenvalue weighted by atomic mass is 10.0. The molecule has 0 aromatic carbocycles. The number of carbonyl (C=O) groups is 4. The molecule has 2 unspecified atom stereocenters. The monoisotopic (exact) mass is 1450 g/mol. The fourth-order valence-corrected chi connectivity index (χ4v) is 14.0. The maximum absolute atomic E-state index is 13.1. The molecule has 0 bridgehead atoms. The molecule has 0 aliphatic rings. The zero-order valence-electron chi connectivity index (χ0n) is 64.6. The number of aliphatic hydroxyl groups is 1. The highest BCUT2D eigenvalue weighted by Gasteiger charge is 2.30. The summed E-state index contributed by atoms with van der Waals surface area (Å²) in [4.78, 5) is 73.0. The minimum atomic E-state index is -4.96. The molecule has 3 N–H and O–H groups in total. The van der Waals surface area contributed by atoms with Gasteiger partial charge in [-0.1, -0.05) is 375 Å². The first-order valence-electron chi connectivity index (χ1n) is 41.6. The van der Waals surface area contributed by atoms with E-state index in [0.29, 0.717) is 25.7 Å². The number of carbonyl (C=O) groups excluding carboxylic acids is 4. The van der Waals surface area contributed by atoms with Crippen molar-refractivity contribution in [1.82, 2.24) is 0 Å².